The molecule has 26 heavy (non-hydrogen) atoms. The number of rotatable bonds is 11. The van der Waals surface area contributed by atoms with Crippen LogP contribution in [0.4, 0.5) is 0 Å². The second kappa shape index (κ2) is 16.2. The summed E-state index contributed by atoms with van der Waals surface area (Å²) in [5, 5.41) is 7.05. The quantitative estimate of drug-likeness (QED) is 0.122. The van der Waals surface area contributed by atoms with E-state index in [0.717, 1.165) is 44.9 Å². The van der Waals surface area contributed by atoms with E-state index in [4.69, 9.17) is 0 Å². The smallest absolute Gasteiger partial charge is 0.305 e. The first kappa shape index (κ1) is 25.0. The first-order chi connectivity index (χ1) is 12.2. The van der Waals surface area contributed by atoms with Crippen LogP contribution in [0.1, 0.15) is 39.5 Å². The van der Waals surface area contributed by atoms with Gasteiger partial charge in [-0.2, -0.15) is 0 Å². The van der Waals surface area contributed by atoms with Crippen LogP contribution < -0.4 is 10.6 Å². The van der Waals surface area contributed by atoms with E-state index in [2.05, 4.69) is 58.5 Å². The van der Waals surface area contributed by atoms with Crippen molar-refractivity contribution in [3.05, 3.63) is 30.3 Å². The number of guanidine groups is 1. The Balaban J connectivity index is 0.00000625. The molecule has 0 aliphatic carbocycles. The first-order valence-corrected chi connectivity index (χ1v) is 9.84. The van der Waals surface area contributed by atoms with Crippen LogP contribution in [-0.2, 0) is 9.53 Å². The molecule has 0 aliphatic rings. The monoisotopic (exact) mass is 493 g/mol. The highest BCUT2D eigenvalue weighted by atomic mass is 127. The molecular formula is C19H32IN3O2S. The number of carbonyl (C=O) groups excluding carboxylic acids is 1. The third-order valence-electron chi connectivity index (χ3n) is 3.51. The summed E-state index contributed by atoms with van der Waals surface area (Å²) in [7, 11) is 1.43. The molecule has 0 spiro atoms. The zero-order valence-corrected chi connectivity index (χ0v) is 19.1. The number of thioether (sulfide) groups is 1. The first-order valence-electron chi connectivity index (χ1n) is 8.96. The SMILES string of the molecule is CCNC(=NCC(C)Sc1ccccc1)NCCCCCC(=O)OC.I. The Hall–Kier alpha value is -0.960. The Bertz CT molecular complexity index is 515. The standard InChI is InChI=1S/C19H31N3O2S.HI/c1-4-20-19(21-14-10-6-9-13-18(23)24-3)22-15-16(2)25-17-11-7-5-8-12-17;/h5,7-8,11-12,16H,4,6,9-10,13-15H2,1-3H3,(H2,20,21,22);1H. The predicted octanol–water partition coefficient (Wildman–Crippen LogP) is 4.07. The van der Waals surface area contributed by atoms with Crippen molar-refractivity contribution in [1.82, 2.24) is 10.6 Å². The van der Waals surface area contributed by atoms with E-state index in [1.807, 2.05) is 17.8 Å². The van der Waals surface area contributed by atoms with E-state index < -0.39 is 0 Å². The molecule has 148 valence electrons. The van der Waals surface area contributed by atoms with E-state index in [1.165, 1.54) is 12.0 Å². The molecule has 1 aromatic carbocycles. The molecule has 1 unspecified atom stereocenters. The summed E-state index contributed by atoms with van der Waals surface area (Å²) in [4.78, 5) is 17.0. The van der Waals surface area contributed by atoms with E-state index in [1.54, 1.807) is 0 Å². The zero-order chi connectivity index (χ0) is 18.3. The summed E-state index contributed by atoms with van der Waals surface area (Å²) >= 11 is 1.84. The van der Waals surface area contributed by atoms with Gasteiger partial charge in [-0.05, 0) is 31.9 Å². The lowest BCUT2D eigenvalue weighted by atomic mass is 10.2. The second-order valence-electron chi connectivity index (χ2n) is 5.77. The molecule has 2 N–H and O–H groups in total. The molecule has 7 heteroatoms. The van der Waals surface area contributed by atoms with Gasteiger partial charge < -0.3 is 15.4 Å². The molecule has 1 atom stereocenters. The number of aliphatic imine (C=N–C) groups is 1. The predicted molar refractivity (Wildman–Crippen MR) is 122 cm³/mol. The van der Waals surface area contributed by atoms with Crippen LogP contribution in [0.2, 0.25) is 0 Å². The summed E-state index contributed by atoms with van der Waals surface area (Å²) in [6, 6.07) is 10.4. The maximum absolute atomic E-state index is 11.0. The van der Waals surface area contributed by atoms with E-state index in [-0.39, 0.29) is 29.9 Å². The van der Waals surface area contributed by atoms with Gasteiger partial charge in [0.25, 0.3) is 0 Å². The second-order valence-corrected chi connectivity index (χ2v) is 7.29. The van der Waals surface area contributed by atoms with Crippen LogP contribution in [0.25, 0.3) is 0 Å². The highest BCUT2D eigenvalue weighted by molar-refractivity contribution is 14.0. The van der Waals surface area contributed by atoms with Gasteiger partial charge in [-0.3, -0.25) is 9.79 Å². The molecule has 0 aliphatic heterocycles. The van der Waals surface area contributed by atoms with Crippen LogP contribution in [-0.4, -0.2) is 43.9 Å². The fourth-order valence-corrected chi connectivity index (χ4v) is 3.14. The molecule has 0 aromatic heterocycles. The molecule has 0 radical (unpaired) electrons. The normalized spacial score (nSPS) is 12.0. The van der Waals surface area contributed by atoms with Gasteiger partial charge in [0, 0.05) is 29.7 Å². The minimum absolute atomic E-state index is 0. The molecular weight excluding hydrogens is 461 g/mol. The summed E-state index contributed by atoms with van der Waals surface area (Å²) in [5.41, 5.74) is 0. The average molecular weight is 493 g/mol. The van der Waals surface area contributed by atoms with Crippen molar-refractivity contribution in [2.45, 2.75) is 49.7 Å². The Morgan fingerprint density at radius 3 is 2.58 bits per heavy atom. The van der Waals surface area contributed by atoms with Crippen LogP contribution in [0.5, 0.6) is 0 Å². The minimum Gasteiger partial charge on any atom is -0.469 e. The van der Waals surface area contributed by atoms with Crippen LogP contribution in [0, 0.1) is 0 Å². The van der Waals surface area contributed by atoms with E-state index in [0.29, 0.717) is 11.7 Å². The van der Waals surface area contributed by atoms with Gasteiger partial charge in [-0.25, -0.2) is 0 Å². The van der Waals surface area contributed by atoms with E-state index >= 15 is 0 Å². The van der Waals surface area contributed by atoms with Crippen molar-refractivity contribution in [1.29, 1.82) is 0 Å². The number of unbranched alkanes of at least 4 members (excludes halogenated alkanes) is 2. The zero-order valence-electron chi connectivity index (χ0n) is 16.0. The fourth-order valence-electron chi connectivity index (χ4n) is 2.21. The van der Waals surface area contributed by atoms with Crippen molar-refractivity contribution in [2.24, 2.45) is 4.99 Å². The minimum atomic E-state index is -0.132. The number of nitrogens with zero attached hydrogens (tertiary/aromatic N) is 1. The van der Waals surface area contributed by atoms with Crippen LogP contribution >= 0.6 is 35.7 Å². The number of hydrogen-bond acceptors (Lipinski definition) is 4. The van der Waals surface area contributed by atoms with Gasteiger partial charge in [0.15, 0.2) is 5.96 Å². The number of carbonyl (C=O) groups is 1. The molecule has 0 saturated carbocycles. The summed E-state index contributed by atoms with van der Waals surface area (Å²) in [6.45, 7) is 6.71. The Labute approximate surface area is 179 Å². The number of benzene rings is 1. The Kier molecular flexibility index (Phi) is 15.6. The van der Waals surface area contributed by atoms with Gasteiger partial charge >= 0.3 is 5.97 Å². The lowest BCUT2D eigenvalue weighted by molar-refractivity contribution is -0.140. The van der Waals surface area contributed by atoms with Crippen molar-refractivity contribution in [3.63, 3.8) is 0 Å². The molecule has 5 nitrogen and oxygen atoms in total. The largest absolute Gasteiger partial charge is 0.469 e. The van der Waals surface area contributed by atoms with Crippen molar-refractivity contribution < 1.29 is 9.53 Å². The van der Waals surface area contributed by atoms with Crippen LogP contribution in [0.3, 0.4) is 0 Å². The van der Waals surface area contributed by atoms with Gasteiger partial charge in [-0.1, -0.05) is 31.5 Å². The van der Waals surface area contributed by atoms with Gasteiger partial charge in [-0.15, -0.1) is 35.7 Å². The summed E-state index contributed by atoms with van der Waals surface area (Å²) in [5.74, 6) is 0.726. The highest BCUT2D eigenvalue weighted by Gasteiger charge is 2.05. The lowest BCUT2D eigenvalue weighted by Gasteiger charge is -2.13. The fraction of sp³-hybridized carbons (Fsp3) is 0.579. The molecule has 1 aromatic rings. The number of esters is 1. The maximum Gasteiger partial charge on any atom is 0.305 e. The highest BCUT2D eigenvalue weighted by Crippen LogP contribution is 2.22. The third-order valence-corrected chi connectivity index (χ3v) is 4.60. The number of halogens is 1. The molecule has 0 bridgehead atoms. The average Bonchev–Trinajstić information content (AvgIpc) is 2.63. The molecule has 0 amide bonds. The number of ether oxygens (including phenoxy) is 1. The number of nitrogens with one attached hydrogen (secondary N) is 2. The number of methoxy groups -OCH3 is 1. The van der Waals surface area contributed by atoms with Crippen molar-refractivity contribution in [3.8, 4) is 0 Å². The Morgan fingerprint density at radius 2 is 1.92 bits per heavy atom. The van der Waals surface area contributed by atoms with Crippen molar-refractivity contribution >= 4 is 47.7 Å². The van der Waals surface area contributed by atoms with E-state index in [9.17, 15) is 4.79 Å². The van der Waals surface area contributed by atoms with Gasteiger partial charge in [0.05, 0.1) is 13.7 Å². The van der Waals surface area contributed by atoms with Crippen LogP contribution in [0.15, 0.2) is 40.2 Å². The molecule has 0 fully saturated rings. The molecule has 0 heterocycles. The third kappa shape index (κ3) is 12.4. The summed E-state index contributed by atoms with van der Waals surface area (Å²) in [6.07, 6.45) is 3.38. The molecule has 1 rings (SSSR count). The maximum atomic E-state index is 11.0. The Morgan fingerprint density at radius 1 is 1.19 bits per heavy atom. The summed E-state index contributed by atoms with van der Waals surface area (Å²) < 4.78 is 4.64. The van der Waals surface area contributed by atoms with Crippen molar-refractivity contribution in [2.75, 3.05) is 26.7 Å². The van der Waals surface area contributed by atoms with Gasteiger partial charge in [0.1, 0.15) is 0 Å². The topological polar surface area (TPSA) is 62.7 Å². The number of hydrogen-bond donors (Lipinski definition) is 2. The lowest BCUT2D eigenvalue weighted by Crippen LogP contribution is -2.38. The van der Waals surface area contributed by atoms with Gasteiger partial charge in [0.2, 0.25) is 0 Å². The molecule has 0 saturated heterocycles.